The van der Waals surface area contributed by atoms with E-state index < -0.39 is 36.6 Å². The van der Waals surface area contributed by atoms with Crippen molar-refractivity contribution in [1.82, 2.24) is 15.7 Å². The molecule has 0 saturated carbocycles. The Morgan fingerprint density at radius 1 is 0.917 bits per heavy atom. The van der Waals surface area contributed by atoms with E-state index >= 15 is 0 Å². The molecular formula is C27H31N3O6. The lowest BCUT2D eigenvalue weighted by Crippen LogP contribution is -2.54. The summed E-state index contributed by atoms with van der Waals surface area (Å²) >= 11 is 0. The van der Waals surface area contributed by atoms with Gasteiger partial charge in [-0.15, -0.1) is 0 Å². The Labute approximate surface area is 209 Å². The molecule has 0 radical (unpaired) electrons. The van der Waals surface area contributed by atoms with Gasteiger partial charge in [0.25, 0.3) is 5.91 Å². The fourth-order valence-electron chi connectivity index (χ4n) is 4.03. The smallest absolute Gasteiger partial charge is 0.334 e. The van der Waals surface area contributed by atoms with E-state index in [0.717, 1.165) is 32.4 Å². The van der Waals surface area contributed by atoms with Gasteiger partial charge in [0, 0.05) is 13.0 Å². The van der Waals surface area contributed by atoms with E-state index in [1.165, 1.54) is 0 Å². The van der Waals surface area contributed by atoms with Gasteiger partial charge >= 0.3 is 12.0 Å². The molecule has 0 spiro atoms. The van der Waals surface area contributed by atoms with Gasteiger partial charge < -0.3 is 20.4 Å². The number of carboxylic acid groups (broad SMARTS) is 1. The van der Waals surface area contributed by atoms with Crippen LogP contribution in [0.15, 0.2) is 66.7 Å². The monoisotopic (exact) mass is 493 g/mol. The van der Waals surface area contributed by atoms with Crippen LogP contribution in [0.4, 0.5) is 4.79 Å². The number of aliphatic hydroxyl groups is 1. The van der Waals surface area contributed by atoms with Crippen molar-refractivity contribution in [3.8, 4) is 11.1 Å². The summed E-state index contributed by atoms with van der Waals surface area (Å²) in [6.45, 7) is 3.40. The Morgan fingerprint density at radius 3 is 2.22 bits per heavy atom. The van der Waals surface area contributed by atoms with Crippen LogP contribution in [0.1, 0.15) is 19.4 Å². The van der Waals surface area contributed by atoms with Crippen molar-refractivity contribution < 1.29 is 29.8 Å². The van der Waals surface area contributed by atoms with Crippen LogP contribution >= 0.6 is 0 Å². The van der Waals surface area contributed by atoms with Crippen LogP contribution < -0.4 is 10.8 Å². The van der Waals surface area contributed by atoms with Crippen molar-refractivity contribution in [3.63, 3.8) is 0 Å². The van der Waals surface area contributed by atoms with Crippen LogP contribution in [0.25, 0.3) is 21.9 Å². The van der Waals surface area contributed by atoms with E-state index in [2.05, 4.69) is 11.4 Å². The molecule has 0 fully saturated rings. The first-order valence-electron chi connectivity index (χ1n) is 11.7. The maximum absolute atomic E-state index is 12.9. The highest BCUT2D eigenvalue weighted by atomic mass is 16.5. The van der Waals surface area contributed by atoms with E-state index in [9.17, 15) is 24.7 Å². The first kappa shape index (κ1) is 26.7. The average Bonchev–Trinajstić information content (AvgIpc) is 2.87. The molecular weight excluding hydrogens is 462 g/mol. The molecule has 2 atom stereocenters. The van der Waals surface area contributed by atoms with Crippen molar-refractivity contribution in [1.29, 1.82) is 0 Å². The molecule has 3 amide bonds. The minimum Gasteiger partial charge on any atom is -0.479 e. The van der Waals surface area contributed by atoms with Crippen LogP contribution in [-0.4, -0.2) is 63.5 Å². The SMILES string of the molecule is CC(C)CN(CC(O)C(=O)O)C(=O)N[C@@H](Cc1ccc(-c2cccc3ccccc23)cc1)C(=O)NO. The van der Waals surface area contributed by atoms with E-state index in [1.807, 2.05) is 74.5 Å². The van der Waals surface area contributed by atoms with E-state index in [1.54, 1.807) is 5.48 Å². The molecule has 0 aliphatic carbocycles. The number of aliphatic hydroxyl groups excluding tert-OH is 1. The summed E-state index contributed by atoms with van der Waals surface area (Å²) in [5.74, 6) is -2.28. The van der Waals surface area contributed by atoms with Crippen molar-refractivity contribution >= 4 is 28.7 Å². The van der Waals surface area contributed by atoms with Crippen molar-refractivity contribution in [2.24, 2.45) is 5.92 Å². The first-order valence-corrected chi connectivity index (χ1v) is 11.7. The number of rotatable bonds is 10. The Balaban J connectivity index is 1.77. The molecule has 0 heterocycles. The van der Waals surface area contributed by atoms with Crippen molar-refractivity contribution in [2.45, 2.75) is 32.4 Å². The van der Waals surface area contributed by atoms with Gasteiger partial charge in [0.05, 0.1) is 6.54 Å². The molecule has 3 aromatic carbocycles. The number of nitrogens with zero attached hydrogens (tertiary/aromatic N) is 1. The largest absolute Gasteiger partial charge is 0.479 e. The molecule has 9 heteroatoms. The number of urea groups is 1. The lowest BCUT2D eigenvalue weighted by molar-refractivity contribution is -0.147. The second-order valence-corrected chi connectivity index (χ2v) is 9.06. The molecule has 0 bridgehead atoms. The second kappa shape index (κ2) is 12.1. The van der Waals surface area contributed by atoms with E-state index in [0.29, 0.717) is 0 Å². The highest BCUT2D eigenvalue weighted by molar-refractivity contribution is 5.96. The predicted molar refractivity (Wildman–Crippen MR) is 135 cm³/mol. The Morgan fingerprint density at radius 2 is 1.58 bits per heavy atom. The normalized spacial score (nSPS) is 12.7. The van der Waals surface area contributed by atoms with Gasteiger partial charge in [-0.25, -0.2) is 15.1 Å². The third-order valence-electron chi connectivity index (χ3n) is 5.77. The number of amides is 3. The summed E-state index contributed by atoms with van der Waals surface area (Å²) in [6.07, 6.45) is -1.67. The molecule has 3 rings (SSSR count). The number of carbonyl (C=O) groups is 3. The van der Waals surface area contributed by atoms with Gasteiger partial charge in [-0.2, -0.15) is 0 Å². The molecule has 0 aliphatic heterocycles. The molecule has 0 saturated heterocycles. The highest BCUT2D eigenvalue weighted by Crippen LogP contribution is 2.28. The van der Waals surface area contributed by atoms with Crippen LogP contribution in [0.3, 0.4) is 0 Å². The maximum atomic E-state index is 12.9. The van der Waals surface area contributed by atoms with Gasteiger partial charge in [0.2, 0.25) is 0 Å². The number of carboxylic acids is 1. The van der Waals surface area contributed by atoms with Gasteiger partial charge in [0.15, 0.2) is 6.10 Å². The number of hydroxylamine groups is 1. The molecule has 3 aromatic rings. The third kappa shape index (κ3) is 6.80. The zero-order valence-electron chi connectivity index (χ0n) is 20.2. The van der Waals surface area contributed by atoms with Gasteiger partial charge in [0.1, 0.15) is 6.04 Å². The summed E-state index contributed by atoms with van der Waals surface area (Å²) in [5.41, 5.74) is 4.38. The van der Waals surface area contributed by atoms with Crippen LogP contribution in [-0.2, 0) is 16.0 Å². The van der Waals surface area contributed by atoms with Crippen LogP contribution in [0, 0.1) is 5.92 Å². The van der Waals surface area contributed by atoms with Gasteiger partial charge in [-0.1, -0.05) is 80.6 Å². The summed E-state index contributed by atoms with van der Waals surface area (Å²) in [4.78, 5) is 37.4. The summed E-state index contributed by atoms with van der Waals surface area (Å²) in [5, 5.41) is 32.7. The topological polar surface area (TPSA) is 139 Å². The number of nitrogens with one attached hydrogen (secondary N) is 2. The first-order chi connectivity index (χ1) is 17.2. The fraction of sp³-hybridized carbons (Fsp3) is 0.296. The summed E-state index contributed by atoms with van der Waals surface area (Å²) < 4.78 is 0. The van der Waals surface area contributed by atoms with Crippen LogP contribution in [0.2, 0.25) is 0 Å². The minimum atomic E-state index is -1.76. The zero-order valence-corrected chi connectivity index (χ0v) is 20.2. The van der Waals surface area contributed by atoms with E-state index in [4.69, 9.17) is 5.11 Å². The third-order valence-corrected chi connectivity index (χ3v) is 5.77. The lowest BCUT2D eigenvalue weighted by atomic mass is 9.96. The number of carbonyl (C=O) groups excluding carboxylic acids is 2. The lowest BCUT2D eigenvalue weighted by Gasteiger charge is -2.28. The molecule has 190 valence electrons. The Hall–Kier alpha value is -3.95. The number of aliphatic carboxylic acids is 1. The predicted octanol–water partition coefficient (Wildman–Crippen LogP) is 3.04. The number of hydrogen-bond acceptors (Lipinski definition) is 5. The number of fused-ring (bicyclic) bond motifs is 1. The average molecular weight is 494 g/mol. The van der Waals surface area contributed by atoms with Crippen molar-refractivity contribution in [2.75, 3.05) is 13.1 Å². The quantitative estimate of drug-likeness (QED) is 0.217. The zero-order chi connectivity index (χ0) is 26.2. The summed E-state index contributed by atoms with van der Waals surface area (Å²) in [6, 6.07) is 19.9. The number of hydrogen-bond donors (Lipinski definition) is 5. The minimum absolute atomic E-state index is 0.0107. The second-order valence-electron chi connectivity index (χ2n) is 9.06. The maximum Gasteiger partial charge on any atom is 0.334 e. The molecule has 9 nitrogen and oxygen atoms in total. The Kier molecular flexibility index (Phi) is 8.99. The van der Waals surface area contributed by atoms with Gasteiger partial charge in [-0.3, -0.25) is 10.0 Å². The highest BCUT2D eigenvalue weighted by Gasteiger charge is 2.27. The molecule has 0 aliphatic rings. The molecule has 36 heavy (non-hydrogen) atoms. The fourth-order valence-corrected chi connectivity index (χ4v) is 4.03. The van der Waals surface area contributed by atoms with E-state index in [-0.39, 0.29) is 18.9 Å². The Bertz CT molecular complexity index is 1210. The molecule has 0 aromatic heterocycles. The van der Waals surface area contributed by atoms with Crippen molar-refractivity contribution in [3.05, 3.63) is 72.3 Å². The van der Waals surface area contributed by atoms with Gasteiger partial charge in [-0.05, 0) is 33.4 Å². The molecule has 5 N–H and O–H groups in total. The van der Waals surface area contributed by atoms with Crippen LogP contribution in [0.5, 0.6) is 0 Å². The summed E-state index contributed by atoms with van der Waals surface area (Å²) in [7, 11) is 0. The number of benzene rings is 3. The standard InChI is InChI=1S/C27H31N3O6/c1-17(2)15-30(16-24(31)26(33)34)27(35)28-23(25(32)29-36)14-18-10-12-20(13-11-18)22-9-5-7-19-6-3-4-8-21(19)22/h3-13,17,23-24,31,36H,14-16H2,1-2H3,(H,28,35)(H,29,32)(H,33,34)/t23-,24?/m0/s1. The molecule has 1 unspecified atom stereocenters.